The van der Waals surface area contributed by atoms with Gasteiger partial charge in [-0.15, -0.1) is 0 Å². The van der Waals surface area contributed by atoms with Crippen molar-refractivity contribution in [1.29, 1.82) is 0 Å². The molecule has 106 valence electrons. The number of furan rings is 1. The van der Waals surface area contributed by atoms with Gasteiger partial charge in [-0.05, 0) is 30.3 Å². The van der Waals surface area contributed by atoms with Crippen molar-refractivity contribution in [3.8, 4) is 17.1 Å². The van der Waals surface area contributed by atoms with Crippen LogP contribution in [0, 0.1) is 0 Å². The summed E-state index contributed by atoms with van der Waals surface area (Å²) in [6, 6.07) is 14.8. The number of hydrogen-bond acceptors (Lipinski definition) is 4. The van der Waals surface area contributed by atoms with Crippen molar-refractivity contribution in [1.82, 2.24) is 0 Å². The summed E-state index contributed by atoms with van der Waals surface area (Å²) < 4.78 is 15.7. The van der Waals surface area contributed by atoms with Crippen LogP contribution >= 0.6 is 0 Å². The van der Waals surface area contributed by atoms with E-state index in [1.807, 2.05) is 36.4 Å². The Labute approximate surface area is 121 Å². The Bertz CT molecular complexity index is 784. The third kappa shape index (κ3) is 2.48. The molecule has 4 nitrogen and oxygen atoms in total. The van der Waals surface area contributed by atoms with Crippen LogP contribution in [0.2, 0.25) is 0 Å². The van der Waals surface area contributed by atoms with Gasteiger partial charge < -0.3 is 13.9 Å². The van der Waals surface area contributed by atoms with Crippen molar-refractivity contribution in [2.24, 2.45) is 0 Å². The first-order valence-electron chi connectivity index (χ1n) is 6.47. The first kappa shape index (κ1) is 13.2. The van der Waals surface area contributed by atoms with Crippen molar-refractivity contribution in [2.45, 2.75) is 0 Å². The number of carbonyl (C=O) groups is 1. The summed E-state index contributed by atoms with van der Waals surface area (Å²) in [5.41, 5.74) is 2.18. The maximum absolute atomic E-state index is 11.4. The van der Waals surface area contributed by atoms with E-state index < -0.39 is 0 Å². The summed E-state index contributed by atoms with van der Waals surface area (Å²) in [4.78, 5) is 11.4. The molecule has 0 saturated carbocycles. The lowest BCUT2D eigenvalue weighted by Gasteiger charge is -2.00. The fraction of sp³-hybridized carbons (Fsp3) is 0.118. The van der Waals surface area contributed by atoms with E-state index >= 15 is 0 Å². The topological polar surface area (TPSA) is 48.7 Å². The van der Waals surface area contributed by atoms with Crippen LogP contribution in [0.25, 0.3) is 22.3 Å². The fourth-order valence-electron chi connectivity index (χ4n) is 2.17. The first-order valence-corrected chi connectivity index (χ1v) is 6.47. The van der Waals surface area contributed by atoms with Crippen LogP contribution in [0.5, 0.6) is 5.75 Å². The van der Waals surface area contributed by atoms with Crippen molar-refractivity contribution < 1.29 is 18.7 Å². The van der Waals surface area contributed by atoms with Gasteiger partial charge in [-0.25, -0.2) is 4.79 Å². The highest BCUT2D eigenvalue weighted by atomic mass is 16.5. The molecule has 0 aliphatic rings. The summed E-state index contributed by atoms with van der Waals surface area (Å²) >= 11 is 0. The number of hydrogen-bond donors (Lipinski definition) is 0. The number of carbonyl (C=O) groups excluding carboxylic acids is 1. The molecule has 0 atom stereocenters. The maximum atomic E-state index is 11.4. The molecule has 21 heavy (non-hydrogen) atoms. The molecule has 0 unspecified atom stereocenters. The average Bonchev–Trinajstić information content (AvgIpc) is 2.97. The molecule has 3 rings (SSSR count). The molecule has 0 aliphatic heterocycles. The number of fused-ring (bicyclic) bond motifs is 1. The summed E-state index contributed by atoms with van der Waals surface area (Å²) in [6.45, 7) is 0. The highest BCUT2D eigenvalue weighted by molar-refractivity contribution is 5.90. The molecule has 0 saturated heterocycles. The largest absolute Gasteiger partial charge is 0.497 e. The molecule has 1 aromatic heterocycles. The Morgan fingerprint density at radius 3 is 2.43 bits per heavy atom. The minimum Gasteiger partial charge on any atom is -0.497 e. The number of ether oxygens (including phenoxy) is 2. The van der Waals surface area contributed by atoms with Crippen molar-refractivity contribution in [3.63, 3.8) is 0 Å². The molecular formula is C17H14O4. The smallest absolute Gasteiger partial charge is 0.337 e. The molecular weight excluding hydrogens is 268 g/mol. The van der Waals surface area contributed by atoms with Gasteiger partial charge in [0, 0.05) is 17.0 Å². The third-order valence-corrected chi connectivity index (χ3v) is 3.32. The normalized spacial score (nSPS) is 10.6. The Balaban J connectivity index is 1.98. The summed E-state index contributed by atoms with van der Waals surface area (Å²) in [5, 5.41) is 1.00. The zero-order valence-electron chi connectivity index (χ0n) is 11.8. The van der Waals surface area contributed by atoms with Gasteiger partial charge in [0.25, 0.3) is 0 Å². The summed E-state index contributed by atoms with van der Waals surface area (Å²) in [6.07, 6.45) is 0. The molecule has 4 heteroatoms. The molecule has 1 heterocycles. The van der Waals surface area contributed by atoms with Crippen molar-refractivity contribution >= 4 is 16.9 Å². The van der Waals surface area contributed by atoms with Gasteiger partial charge in [-0.1, -0.05) is 12.1 Å². The van der Waals surface area contributed by atoms with Crippen LogP contribution in [0.3, 0.4) is 0 Å². The standard InChI is InChI=1S/C17H14O4/c1-19-14-8-7-13-9-15(21-16(13)10-14)11-3-5-12(6-4-11)17(18)20-2/h3-10H,1-2H3. The number of esters is 1. The minimum absolute atomic E-state index is 0.351. The molecule has 0 bridgehead atoms. The van der Waals surface area contributed by atoms with Gasteiger partial charge in [0.15, 0.2) is 0 Å². The predicted molar refractivity (Wildman–Crippen MR) is 79.5 cm³/mol. The number of benzene rings is 2. The van der Waals surface area contributed by atoms with Gasteiger partial charge in [0.2, 0.25) is 0 Å². The molecule has 0 spiro atoms. The van der Waals surface area contributed by atoms with E-state index in [-0.39, 0.29) is 5.97 Å². The van der Waals surface area contributed by atoms with Gasteiger partial charge in [0.05, 0.1) is 19.8 Å². The van der Waals surface area contributed by atoms with Crippen LogP contribution in [0.4, 0.5) is 0 Å². The van der Waals surface area contributed by atoms with Crippen LogP contribution in [0.15, 0.2) is 52.9 Å². The molecule has 0 fully saturated rings. The van der Waals surface area contributed by atoms with Crippen LogP contribution in [0.1, 0.15) is 10.4 Å². The molecule has 0 N–H and O–H groups in total. The van der Waals surface area contributed by atoms with E-state index in [0.717, 1.165) is 28.0 Å². The average molecular weight is 282 g/mol. The molecule has 0 radical (unpaired) electrons. The molecule has 0 amide bonds. The highest BCUT2D eigenvalue weighted by Crippen LogP contribution is 2.30. The highest BCUT2D eigenvalue weighted by Gasteiger charge is 2.09. The molecule has 3 aromatic rings. The minimum atomic E-state index is -0.351. The Kier molecular flexibility index (Phi) is 3.36. The van der Waals surface area contributed by atoms with E-state index in [1.54, 1.807) is 19.2 Å². The lowest BCUT2D eigenvalue weighted by Crippen LogP contribution is -2.00. The number of methoxy groups -OCH3 is 2. The lowest BCUT2D eigenvalue weighted by atomic mass is 10.1. The van der Waals surface area contributed by atoms with E-state index in [1.165, 1.54) is 7.11 Å². The second kappa shape index (κ2) is 5.32. The van der Waals surface area contributed by atoms with E-state index in [0.29, 0.717) is 5.56 Å². The number of rotatable bonds is 3. The van der Waals surface area contributed by atoms with Crippen molar-refractivity contribution in [3.05, 3.63) is 54.1 Å². The summed E-state index contributed by atoms with van der Waals surface area (Å²) in [7, 11) is 2.99. The zero-order valence-corrected chi connectivity index (χ0v) is 11.8. The predicted octanol–water partition coefficient (Wildman–Crippen LogP) is 3.90. The molecule has 0 aliphatic carbocycles. The van der Waals surface area contributed by atoms with Gasteiger partial charge in [-0.3, -0.25) is 0 Å². The fourth-order valence-corrected chi connectivity index (χ4v) is 2.17. The van der Waals surface area contributed by atoms with Gasteiger partial charge in [0.1, 0.15) is 17.1 Å². The quantitative estimate of drug-likeness (QED) is 0.684. The van der Waals surface area contributed by atoms with Crippen molar-refractivity contribution in [2.75, 3.05) is 14.2 Å². The maximum Gasteiger partial charge on any atom is 0.337 e. The molecule has 2 aromatic carbocycles. The van der Waals surface area contributed by atoms with Gasteiger partial charge in [-0.2, -0.15) is 0 Å². The Morgan fingerprint density at radius 1 is 1.00 bits per heavy atom. The lowest BCUT2D eigenvalue weighted by molar-refractivity contribution is 0.0601. The Hall–Kier alpha value is -2.75. The van der Waals surface area contributed by atoms with E-state index in [4.69, 9.17) is 9.15 Å². The van der Waals surface area contributed by atoms with Crippen LogP contribution in [-0.2, 0) is 4.74 Å². The van der Waals surface area contributed by atoms with Gasteiger partial charge >= 0.3 is 5.97 Å². The van der Waals surface area contributed by atoms with Crippen LogP contribution < -0.4 is 4.74 Å². The second-order valence-electron chi connectivity index (χ2n) is 4.58. The second-order valence-corrected chi connectivity index (χ2v) is 4.58. The third-order valence-electron chi connectivity index (χ3n) is 3.32. The zero-order chi connectivity index (χ0) is 14.8. The summed E-state index contributed by atoms with van der Waals surface area (Å²) in [5.74, 6) is 1.15. The first-order chi connectivity index (χ1) is 10.2. The monoisotopic (exact) mass is 282 g/mol. The van der Waals surface area contributed by atoms with Crippen LogP contribution in [-0.4, -0.2) is 20.2 Å². The SMILES string of the molecule is COC(=O)c1ccc(-c2cc3ccc(OC)cc3o2)cc1. The van der Waals surface area contributed by atoms with E-state index in [2.05, 4.69) is 4.74 Å². The Morgan fingerprint density at radius 2 is 1.76 bits per heavy atom. The van der Waals surface area contributed by atoms with E-state index in [9.17, 15) is 4.79 Å².